The number of ether oxygens (including phenoxy) is 3. The molecule has 2 fully saturated rings. The molecule has 2 saturated heterocycles. The van der Waals surface area contributed by atoms with Crippen LogP contribution in [0, 0.1) is 0 Å². The molecule has 0 radical (unpaired) electrons. The molecule has 3 heterocycles. The lowest BCUT2D eigenvalue weighted by molar-refractivity contribution is -0.181. The molecular formula is C17H23N3O5. The van der Waals surface area contributed by atoms with Crippen LogP contribution in [0.5, 0.6) is 0 Å². The molecule has 0 unspecified atom stereocenters. The van der Waals surface area contributed by atoms with Gasteiger partial charge in [0.2, 0.25) is 0 Å². The number of amides is 2. The largest absolute Gasteiger partial charge is 0.383 e. The Labute approximate surface area is 146 Å². The van der Waals surface area contributed by atoms with Crippen LogP contribution < -0.4 is 5.32 Å². The zero-order valence-electron chi connectivity index (χ0n) is 14.3. The average molecular weight is 349 g/mol. The van der Waals surface area contributed by atoms with Crippen molar-refractivity contribution < 1.29 is 23.8 Å². The van der Waals surface area contributed by atoms with Gasteiger partial charge in [0.25, 0.3) is 11.8 Å². The number of pyridine rings is 1. The van der Waals surface area contributed by atoms with Crippen molar-refractivity contribution in [2.24, 2.45) is 0 Å². The van der Waals surface area contributed by atoms with E-state index in [1.165, 1.54) is 12.3 Å². The third kappa shape index (κ3) is 4.15. The van der Waals surface area contributed by atoms with Crippen LogP contribution in [-0.4, -0.2) is 74.1 Å². The lowest BCUT2D eigenvalue weighted by Gasteiger charge is -2.37. The van der Waals surface area contributed by atoms with E-state index >= 15 is 0 Å². The van der Waals surface area contributed by atoms with Crippen LogP contribution in [-0.2, 0) is 14.2 Å². The van der Waals surface area contributed by atoms with Gasteiger partial charge in [0.15, 0.2) is 5.79 Å². The number of rotatable bonds is 5. The predicted molar refractivity (Wildman–Crippen MR) is 88.2 cm³/mol. The molecule has 1 N–H and O–H groups in total. The smallest absolute Gasteiger partial charge is 0.272 e. The molecular weight excluding hydrogens is 326 g/mol. The van der Waals surface area contributed by atoms with Crippen LogP contribution in [0.4, 0.5) is 0 Å². The fraction of sp³-hybridized carbons (Fsp3) is 0.588. The van der Waals surface area contributed by atoms with E-state index in [1.54, 1.807) is 18.1 Å². The first-order valence-electron chi connectivity index (χ1n) is 8.44. The van der Waals surface area contributed by atoms with Crippen LogP contribution in [0.2, 0.25) is 0 Å². The van der Waals surface area contributed by atoms with Crippen molar-refractivity contribution in [2.75, 3.05) is 46.6 Å². The summed E-state index contributed by atoms with van der Waals surface area (Å²) in [7, 11) is 1.57. The van der Waals surface area contributed by atoms with Gasteiger partial charge in [0.05, 0.1) is 19.8 Å². The van der Waals surface area contributed by atoms with Crippen LogP contribution in [0.25, 0.3) is 0 Å². The Morgan fingerprint density at radius 2 is 2.04 bits per heavy atom. The molecule has 2 aliphatic heterocycles. The van der Waals surface area contributed by atoms with E-state index < -0.39 is 5.79 Å². The Hall–Kier alpha value is -2.03. The summed E-state index contributed by atoms with van der Waals surface area (Å²) in [5.74, 6) is -0.953. The van der Waals surface area contributed by atoms with Gasteiger partial charge in [-0.3, -0.25) is 14.6 Å². The minimum absolute atomic E-state index is 0.181. The number of nitrogens with one attached hydrogen (secondary N) is 1. The van der Waals surface area contributed by atoms with Crippen LogP contribution in [0.15, 0.2) is 18.3 Å². The number of nitrogens with zero attached hydrogens (tertiary/aromatic N) is 2. The zero-order chi connectivity index (χ0) is 17.7. The summed E-state index contributed by atoms with van der Waals surface area (Å²) in [6.07, 6.45) is 2.78. The van der Waals surface area contributed by atoms with Crippen molar-refractivity contribution in [1.82, 2.24) is 15.2 Å². The van der Waals surface area contributed by atoms with Crippen molar-refractivity contribution in [1.29, 1.82) is 0 Å². The molecule has 2 aliphatic rings. The molecule has 8 nitrogen and oxygen atoms in total. The first-order valence-corrected chi connectivity index (χ1v) is 8.44. The van der Waals surface area contributed by atoms with Crippen LogP contribution >= 0.6 is 0 Å². The molecule has 0 aliphatic carbocycles. The second-order valence-corrected chi connectivity index (χ2v) is 6.08. The lowest BCUT2D eigenvalue weighted by atomic mass is 10.0. The minimum atomic E-state index is -0.521. The summed E-state index contributed by atoms with van der Waals surface area (Å²) in [5, 5.41) is 2.73. The lowest BCUT2D eigenvalue weighted by Crippen LogP contribution is -2.47. The molecule has 1 aromatic heterocycles. The van der Waals surface area contributed by atoms with Gasteiger partial charge >= 0.3 is 0 Å². The first kappa shape index (κ1) is 17.8. The summed E-state index contributed by atoms with van der Waals surface area (Å²) in [6.45, 7) is 3.15. The van der Waals surface area contributed by atoms with Crippen molar-refractivity contribution in [2.45, 2.75) is 18.6 Å². The van der Waals surface area contributed by atoms with Gasteiger partial charge in [0.1, 0.15) is 5.69 Å². The third-order valence-corrected chi connectivity index (χ3v) is 4.46. The zero-order valence-corrected chi connectivity index (χ0v) is 14.3. The number of hydrogen-bond acceptors (Lipinski definition) is 6. The molecule has 8 heteroatoms. The van der Waals surface area contributed by atoms with E-state index in [1.807, 2.05) is 0 Å². The van der Waals surface area contributed by atoms with Gasteiger partial charge in [-0.2, -0.15) is 0 Å². The number of hydrogen-bond donors (Lipinski definition) is 1. The van der Waals surface area contributed by atoms with E-state index in [2.05, 4.69) is 10.3 Å². The first-order chi connectivity index (χ1) is 12.1. The number of aromatic nitrogens is 1. The monoisotopic (exact) mass is 349 g/mol. The molecule has 136 valence electrons. The van der Waals surface area contributed by atoms with Crippen LogP contribution in [0.3, 0.4) is 0 Å². The Bertz CT molecular complexity index is 620. The van der Waals surface area contributed by atoms with Gasteiger partial charge in [-0.05, 0) is 12.1 Å². The van der Waals surface area contributed by atoms with Crippen molar-refractivity contribution in [3.8, 4) is 0 Å². The quantitative estimate of drug-likeness (QED) is 0.776. The summed E-state index contributed by atoms with van der Waals surface area (Å²) in [6, 6.07) is 3.11. The molecule has 2 amide bonds. The second kappa shape index (κ2) is 7.90. The van der Waals surface area contributed by atoms with Gasteiger partial charge in [-0.15, -0.1) is 0 Å². The number of carbonyl (C=O) groups excluding carboxylic acids is 2. The summed E-state index contributed by atoms with van der Waals surface area (Å²) in [4.78, 5) is 30.6. The molecule has 0 atom stereocenters. The Morgan fingerprint density at radius 1 is 1.32 bits per heavy atom. The number of methoxy groups -OCH3 is 1. The maximum atomic E-state index is 12.7. The number of likely N-dealkylation sites (tertiary alicyclic amines) is 1. The van der Waals surface area contributed by atoms with Crippen LogP contribution in [0.1, 0.15) is 33.7 Å². The minimum Gasteiger partial charge on any atom is -0.383 e. The van der Waals surface area contributed by atoms with Gasteiger partial charge < -0.3 is 24.4 Å². The third-order valence-electron chi connectivity index (χ3n) is 4.46. The molecule has 1 aromatic rings. The van der Waals surface area contributed by atoms with Crippen molar-refractivity contribution in [3.05, 3.63) is 29.6 Å². The highest BCUT2D eigenvalue weighted by Gasteiger charge is 2.41. The standard InChI is InChI=1S/C17H23N3O5/c1-23-9-6-19-15(21)13-2-5-18-14(12-13)16(22)20-7-3-17(4-8-20)24-10-11-25-17/h2,5,12H,3-4,6-11H2,1H3,(H,19,21). The SMILES string of the molecule is COCCNC(=O)c1ccnc(C(=O)N2CCC3(CC2)OCCO3)c1. The molecule has 0 bridgehead atoms. The topological polar surface area (TPSA) is 90.0 Å². The molecule has 0 aromatic carbocycles. The maximum Gasteiger partial charge on any atom is 0.272 e. The van der Waals surface area contributed by atoms with Gasteiger partial charge in [-0.1, -0.05) is 0 Å². The molecule has 0 saturated carbocycles. The highest BCUT2D eigenvalue weighted by Crippen LogP contribution is 2.31. The molecule has 3 rings (SSSR count). The summed E-state index contributed by atoms with van der Waals surface area (Å²) in [5.41, 5.74) is 0.675. The normalized spacial score (nSPS) is 19.2. The van der Waals surface area contributed by atoms with E-state index in [0.717, 1.165) is 0 Å². The summed E-state index contributed by atoms with van der Waals surface area (Å²) < 4.78 is 16.2. The number of carbonyl (C=O) groups is 2. The predicted octanol–water partition coefficient (Wildman–Crippen LogP) is 0.437. The highest BCUT2D eigenvalue weighted by molar-refractivity contribution is 5.98. The fourth-order valence-electron chi connectivity index (χ4n) is 3.06. The van der Waals surface area contributed by atoms with Crippen molar-refractivity contribution in [3.63, 3.8) is 0 Å². The molecule has 25 heavy (non-hydrogen) atoms. The second-order valence-electron chi connectivity index (χ2n) is 6.08. The summed E-state index contributed by atoms with van der Waals surface area (Å²) >= 11 is 0. The van der Waals surface area contributed by atoms with E-state index in [4.69, 9.17) is 14.2 Å². The van der Waals surface area contributed by atoms with Gasteiger partial charge in [0, 0.05) is 51.3 Å². The Morgan fingerprint density at radius 3 is 2.72 bits per heavy atom. The van der Waals surface area contributed by atoms with Crippen molar-refractivity contribution >= 4 is 11.8 Å². The molecule has 1 spiro atoms. The van der Waals surface area contributed by atoms with E-state index in [9.17, 15) is 9.59 Å². The number of piperidine rings is 1. The average Bonchev–Trinajstić information content (AvgIpc) is 3.10. The fourth-order valence-corrected chi connectivity index (χ4v) is 3.06. The maximum absolute atomic E-state index is 12.7. The van der Waals surface area contributed by atoms with Gasteiger partial charge in [-0.25, -0.2) is 0 Å². The van der Waals surface area contributed by atoms with E-state index in [-0.39, 0.29) is 17.5 Å². The Kier molecular flexibility index (Phi) is 5.62. The van der Waals surface area contributed by atoms with E-state index in [0.29, 0.717) is 57.9 Å². The Balaban J connectivity index is 1.60. The highest BCUT2D eigenvalue weighted by atomic mass is 16.7.